The molecule has 0 radical (unpaired) electrons. The van der Waals surface area contributed by atoms with Gasteiger partial charge >= 0.3 is 5.97 Å². The molecular formula is C14H17NO3. The number of aryl methyl sites for hydroxylation is 1. The van der Waals surface area contributed by atoms with Crippen LogP contribution in [0.2, 0.25) is 0 Å². The minimum Gasteiger partial charge on any atom is -0.469 e. The van der Waals surface area contributed by atoms with Crippen LogP contribution in [0.15, 0.2) is 18.2 Å². The summed E-state index contributed by atoms with van der Waals surface area (Å²) < 4.78 is 4.70. The van der Waals surface area contributed by atoms with Gasteiger partial charge in [0.15, 0.2) is 0 Å². The number of esters is 1. The van der Waals surface area contributed by atoms with Gasteiger partial charge < -0.3 is 9.64 Å². The quantitative estimate of drug-likeness (QED) is 0.749. The summed E-state index contributed by atoms with van der Waals surface area (Å²) in [7, 11) is 1.35. The van der Waals surface area contributed by atoms with Crippen molar-refractivity contribution in [1.82, 2.24) is 0 Å². The summed E-state index contributed by atoms with van der Waals surface area (Å²) in [4.78, 5) is 25.2. The molecule has 1 saturated heterocycles. The summed E-state index contributed by atoms with van der Waals surface area (Å²) >= 11 is 0. The molecule has 0 spiro atoms. The smallest absolute Gasteiger partial charge is 0.311 e. The summed E-state index contributed by atoms with van der Waals surface area (Å²) in [6.45, 7) is 4.41. The number of hydrogen-bond acceptors (Lipinski definition) is 3. The lowest BCUT2D eigenvalue weighted by molar-refractivity contribution is -0.145. The number of anilines is 1. The Labute approximate surface area is 107 Å². The molecule has 2 rings (SSSR count). The molecule has 1 aromatic rings. The molecule has 1 amide bonds. The third-order valence-corrected chi connectivity index (χ3v) is 3.53. The van der Waals surface area contributed by atoms with E-state index in [1.54, 1.807) is 4.90 Å². The summed E-state index contributed by atoms with van der Waals surface area (Å²) in [5.41, 5.74) is 3.12. The van der Waals surface area contributed by atoms with E-state index in [0.29, 0.717) is 6.54 Å². The molecule has 1 aliphatic heterocycles. The largest absolute Gasteiger partial charge is 0.469 e. The summed E-state index contributed by atoms with van der Waals surface area (Å²) in [6, 6.07) is 5.85. The van der Waals surface area contributed by atoms with Gasteiger partial charge in [-0.2, -0.15) is 0 Å². The van der Waals surface area contributed by atoms with Gasteiger partial charge in [0.1, 0.15) is 0 Å². The summed E-state index contributed by atoms with van der Waals surface area (Å²) in [5, 5.41) is 0. The number of ether oxygens (including phenoxy) is 1. The molecule has 96 valence electrons. The van der Waals surface area contributed by atoms with E-state index in [9.17, 15) is 9.59 Å². The highest BCUT2D eigenvalue weighted by Gasteiger charge is 2.36. The highest BCUT2D eigenvalue weighted by Crippen LogP contribution is 2.29. The number of nitrogens with zero attached hydrogens (tertiary/aromatic N) is 1. The number of methoxy groups -OCH3 is 1. The fourth-order valence-electron chi connectivity index (χ4n) is 2.29. The maximum Gasteiger partial charge on any atom is 0.311 e. The minimum atomic E-state index is -0.345. The maximum absolute atomic E-state index is 12.0. The normalized spacial score (nSPS) is 19.2. The predicted molar refractivity (Wildman–Crippen MR) is 68.4 cm³/mol. The SMILES string of the molecule is COC(=O)[C@H]1CC(=O)N(c2cccc(C)c2C)C1. The highest BCUT2D eigenvalue weighted by atomic mass is 16.5. The van der Waals surface area contributed by atoms with E-state index < -0.39 is 0 Å². The molecule has 0 saturated carbocycles. The van der Waals surface area contributed by atoms with Crippen LogP contribution in [0.4, 0.5) is 5.69 Å². The lowest BCUT2D eigenvalue weighted by Gasteiger charge is -2.19. The molecule has 1 aromatic carbocycles. The van der Waals surface area contributed by atoms with E-state index in [-0.39, 0.29) is 24.2 Å². The van der Waals surface area contributed by atoms with Crippen LogP contribution in [-0.4, -0.2) is 25.5 Å². The lowest BCUT2D eigenvalue weighted by atomic mass is 10.1. The van der Waals surface area contributed by atoms with Gasteiger partial charge in [0.2, 0.25) is 5.91 Å². The van der Waals surface area contributed by atoms with Gasteiger partial charge in [0.05, 0.1) is 13.0 Å². The Balaban J connectivity index is 2.27. The molecule has 4 nitrogen and oxygen atoms in total. The van der Waals surface area contributed by atoms with Crippen LogP contribution in [-0.2, 0) is 14.3 Å². The molecular weight excluding hydrogens is 230 g/mol. The standard InChI is InChI=1S/C14H17NO3/c1-9-5-4-6-12(10(9)2)15-8-11(7-13(15)16)14(17)18-3/h4-6,11H,7-8H2,1-3H3/t11-/m0/s1. The zero-order chi connectivity index (χ0) is 13.3. The van der Waals surface area contributed by atoms with Crippen molar-refractivity contribution < 1.29 is 14.3 Å². The van der Waals surface area contributed by atoms with E-state index in [0.717, 1.165) is 16.8 Å². The fourth-order valence-corrected chi connectivity index (χ4v) is 2.29. The van der Waals surface area contributed by atoms with E-state index in [1.807, 2.05) is 32.0 Å². The first-order valence-corrected chi connectivity index (χ1v) is 5.99. The molecule has 1 aliphatic rings. The van der Waals surface area contributed by atoms with Gasteiger partial charge in [-0.3, -0.25) is 9.59 Å². The Morgan fingerprint density at radius 1 is 1.39 bits per heavy atom. The van der Waals surface area contributed by atoms with Crippen LogP contribution >= 0.6 is 0 Å². The van der Waals surface area contributed by atoms with Crippen molar-refractivity contribution in [1.29, 1.82) is 0 Å². The van der Waals surface area contributed by atoms with Crippen molar-refractivity contribution in [3.05, 3.63) is 29.3 Å². The zero-order valence-corrected chi connectivity index (χ0v) is 10.9. The maximum atomic E-state index is 12.0. The number of carbonyl (C=O) groups is 2. The molecule has 0 aromatic heterocycles. The number of hydrogen-bond donors (Lipinski definition) is 0. The Bertz CT molecular complexity index is 496. The van der Waals surface area contributed by atoms with Crippen molar-refractivity contribution >= 4 is 17.6 Å². The van der Waals surface area contributed by atoms with E-state index in [1.165, 1.54) is 7.11 Å². The van der Waals surface area contributed by atoms with Gasteiger partial charge in [0.25, 0.3) is 0 Å². The van der Waals surface area contributed by atoms with Crippen LogP contribution in [0, 0.1) is 19.8 Å². The molecule has 4 heteroatoms. The topological polar surface area (TPSA) is 46.6 Å². The Hall–Kier alpha value is -1.84. The molecule has 0 N–H and O–H groups in total. The van der Waals surface area contributed by atoms with Crippen LogP contribution in [0.5, 0.6) is 0 Å². The van der Waals surface area contributed by atoms with Gasteiger partial charge in [-0.05, 0) is 31.0 Å². The van der Waals surface area contributed by atoms with Crippen molar-refractivity contribution in [3.8, 4) is 0 Å². The van der Waals surface area contributed by atoms with Crippen molar-refractivity contribution in [2.75, 3.05) is 18.6 Å². The Morgan fingerprint density at radius 3 is 2.78 bits per heavy atom. The number of benzene rings is 1. The number of amides is 1. The highest BCUT2D eigenvalue weighted by molar-refractivity contribution is 6.00. The zero-order valence-electron chi connectivity index (χ0n) is 10.9. The second-order valence-electron chi connectivity index (χ2n) is 4.65. The summed E-state index contributed by atoms with van der Waals surface area (Å²) in [6.07, 6.45) is 0.236. The van der Waals surface area contributed by atoms with Crippen LogP contribution in [0.3, 0.4) is 0 Å². The van der Waals surface area contributed by atoms with E-state index >= 15 is 0 Å². The van der Waals surface area contributed by atoms with Crippen LogP contribution in [0.25, 0.3) is 0 Å². The van der Waals surface area contributed by atoms with Gasteiger partial charge in [0, 0.05) is 18.7 Å². The molecule has 0 unspecified atom stereocenters. The third kappa shape index (κ3) is 2.10. The van der Waals surface area contributed by atoms with E-state index in [2.05, 4.69) is 0 Å². The average molecular weight is 247 g/mol. The van der Waals surface area contributed by atoms with Crippen molar-refractivity contribution in [2.45, 2.75) is 20.3 Å². The number of rotatable bonds is 2. The predicted octanol–water partition coefficient (Wildman–Crippen LogP) is 1.83. The summed E-state index contributed by atoms with van der Waals surface area (Å²) in [5.74, 6) is -0.669. The van der Waals surface area contributed by atoms with Crippen molar-refractivity contribution in [2.24, 2.45) is 5.92 Å². The van der Waals surface area contributed by atoms with E-state index in [4.69, 9.17) is 4.74 Å². The van der Waals surface area contributed by atoms with Gasteiger partial charge in [-0.15, -0.1) is 0 Å². The van der Waals surface area contributed by atoms with Gasteiger partial charge in [-0.25, -0.2) is 0 Å². The molecule has 18 heavy (non-hydrogen) atoms. The first-order chi connectivity index (χ1) is 8.54. The second-order valence-corrected chi connectivity index (χ2v) is 4.65. The molecule has 0 aliphatic carbocycles. The fraction of sp³-hybridized carbons (Fsp3) is 0.429. The monoisotopic (exact) mass is 247 g/mol. The van der Waals surface area contributed by atoms with Crippen molar-refractivity contribution in [3.63, 3.8) is 0 Å². The Kier molecular flexibility index (Phi) is 3.36. The average Bonchev–Trinajstić information content (AvgIpc) is 2.74. The minimum absolute atomic E-state index is 0.0147. The molecule has 1 atom stereocenters. The first-order valence-electron chi connectivity index (χ1n) is 5.99. The molecule has 1 heterocycles. The number of carbonyl (C=O) groups excluding carboxylic acids is 2. The second kappa shape index (κ2) is 4.80. The van der Waals surface area contributed by atoms with Crippen LogP contribution in [0.1, 0.15) is 17.5 Å². The van der Waals surface area contributed by atoms with Gasteiger partial charge in [-0.1, -0.05) is 12.1 Å². The lowest BCUT2D eigenvalue weighted by Crippen LogP contribution is -2.27. The third-order valence-electron chi connectivity index (χ3n) is 3.53. The molecule has 0 bridgehead atoms. The first kappa shape index (κ1) is 12.6. The van der Waals surface area contributed by atoms with Crippen LogP contribution < -0.4 is 4.90 Å². The Morgan fingerprint density at radius 2 is 2.11 bits per heavy atom. The molecule has 1 fully saturated rings.